The van der Waals surface area contributed by atoms with Crippen LogP contribution >= 0.6 is 0 Å². The van der Waals surface area contributed by atoms with Gasteiger partial charge in [-0.05, 0) is 18.2 Å². The fraction of sp³-hybridized carbons (Fsp3) is 0.111. The van der Waals surface area contributed by atoms with E-state index in [0.717, 1.165) is 6.29 Å². The van der Waals surface area contributed by atoms with Crippen molar-refractivity contribution in [1.29, 1.82) is 0 Å². The number of rotatable bonds is 6. The van der Waals surface area contributed by atoms with Crippen LogP contribution in [-0.4, -0.2) is 26.5 Å². The van der Waals surface area contributed by atoms with Crippen LogP contribution in [0.15, 0.2) is 54.8 Å². The summed E-state index contributed by atoms with van der Waals surface area (Å²) in [7, 11) is 2.74. The van der Waals surface area contributed by atoms with Crippen LogP contribution in [0.5, 0.6) is 11.5 Å². The average Bonchev–Trinajstić information content (AvgIpc) is 2.60. The number of methoxy groups -OCH3 is 2. The molecule has 0 fully saturated rings. The van der Waals surface area contributed by atoms with Crippen LogP contribution < -0.4 is 4.74 Å². The molecule has 2 aromatic carbocycles. The quantitative estimate of drug-likeness (QED) is 0.354. The number of aldehydes is 1. The molecular weight excluding hydrogens is 296 g/mol. The van der Waals surface area contributed by atoms with Gasteiger partial charge in [-0.25, -0.2) is 4.79 Å². The van der Waals surface area contributed by atoms with Crippen LogP contribution in [0.4, 0.5) is 0 Å². The van der Waals surface area contributed by atoms with Crippen molar-refractivity contribution in [2.75, 3.05) is 14.2 Å². The van der Waals surface area contributed by atoms with Crippen molar-refractivity contribution >= 4 is 17.8 Å². The maximum atomic E-state index is 11.9. The molecule has 0 bridgehead atoms. The zero-order chi connectivity index (χ0) is 16.7. The molecule has 118 valence electrons. The van der Waals surface area contributed by atoms with E-state index < -0.39 is 5.97 Å². The summed E-state index contributed by atoms with van der Waals surface area (Å²) in [6.45, 7) is 0. The van der Waals surface area contributed by atoms with E-state index in [9.17, 15) is 9.59 Å². The van der Waals surface area contributed by atoms with Crippen molar-refractivity contribution < 1.29 is 23.8 Å². The highest BCUT2D eigenvalue weighted by Gasteiger charge is 2.18. The van der Waals surface area contributed by atoms with E-state index in [1.54, 1.807) is 48.5 Å². The molecule has 0 aliphatic carbocycles. The summed E-state index contributed by atoms with van der Waals surface area (Å²) in [5.41, 5.74) is 1.26. The van der Waals surface area contributed by atoms with Gasteiger partial charge in [-0.15, -0.1) is 0 Å². The summed E-state index contributed by atoms with van der Waals surface area (Å²) in [6.07, 6.45) is 2.04. The van der Waals surface area contributed by atoms with Gasteiger partial charge >= 0.3 is 5.97 Å². The number of esters is 1. The Morgan fingerprint density at radius 2 is 1.83 bits per heavy atom. The van der Waals surface area contributed by atoms with Crippen LogP contribution in [0.2, 0.25) is 0 Å². The van der Waals surface area contributed by atoms with E-state index >= 15 is 0 Å². The van der Waals surface area contributed by atoms with E-state index in [0.29, 0.717) is 22.6 Å². The number of para-hydroxylation sites is 1. The molecule has 23 heavy (non-hydrogen) atoms. The molecule has 2 aromatic rings. The van der Waals surface area contributed by atoms with Gasteiger partial charge in [0, 0.05) is 11.1 Å². The fourth-order valence-electron chi connectivity index (χ4n) is 2.01. The number of benzene rings is 2. The minimum Gasteiger partial charge on any atom is -0.503 e. The molecule has 0 spiro atoms. The standard InChI is InChI=1S/C18H16O5/c1-21-12-16(18(20)22-2)15-8-3-4-9-17(15)23-14-7-5-6-13(10-14)11-19/h3-12H,1-2H3/b16-12+. The van der Waals surface area contributed by atoms with Gasteiger partial charge in [0.1, 0.15) is 23.4 Å². The first-order valence-electron chi connectivity index (χ1n) is 6.83. The number of hydrogen-bond acceptors (Lipinski definition) is 5. The highest BCUT2D eigenvalue weighted by Crippen LogP contribution is 2.31. The van der Waals surface area contributed by atoms with Crippen LogP contribution in [0.25, 0.3) is 5.57 Å². The third-order valence-electron chi connectivity index (χ3n) is 3.04. The summed E-state index contributed by atoms with van der Waals surface area (Å²) < 4.78 is 15.5. The highest BCUT2D eigenvalue weighted by atomic mass is 16.5. The minimum absolute atomic E-state index is 0.233. The zero-order valence-electron chi connectivity index (χ0n) is 12.8. The Bertz CT molecular complexity index is 734. The normalized spacial score (nSPS) is 10.8. The van der Waals surface area contributed by atoms with E-state index in [1.165, 1.54) is 20.5 Å². The molecule has 5 heteroatoms. The van der Waals surface area contributed by atoms with Crippen molar-refractivity contribution in [2.24, 2.45) is 0 Å². The second-order valence-electron chi connectivity index (χ2n) is 4.55. The highest BCUT2D eigenvalue weighted by molar-refractivity contribution is 6.17. The van der Waals surface area contributed by atoms with E-state index in [1.807, 2.05) is 0 Å². The summed E-state index contributed by atoms with van der Waals surface area (Å²) in [6, 6.07) is 13.7. The van der Waals surface area contributed by atoms with Crippen molar-refractivity contribution in [3.05, 3.63) is 65.9 Å². The third-order valence-corrected chi connectivity index (χ3v) is 3.04. The molecule has 0 aliphatic heterocycles. The van der Waals surface area contributed by atoms with Gasteiger partial charge in [-0.2, -0.15) is 0 Å². The SMILES string of the molecule is CO/C=C(/C(=O)OC)c1ccccc1Oc1cccc(C=O)c1. The van der Waals surface area contributed by atoms with Gasteiger partial charge < -0.3 is 14.2 Å². The van der Waals surface area contributed by atoms with Crippen LogP contribution in [0, 0.1) is 0 Å². The predicted octanol–water partition coefficient (Wildman–Crippen LogP) is 3.45. The van der Waals surface area contributed by atoms with E-state index in [-0.39, 0.29) is 5.57 Å². The zero-order valence-corrected chi connectivity index (χ0v) is 12.8. The Morgan fingerprint density at radius 1 is 1.04 bits per heavy atom. The minimum atomic E-state index is -0.537. The van der Waals surface area contributed by atoms with Crippen molar-refractivity contribution in [3.8, 4) is 11.5 Å². The van der Waals surface area contributed by atoms with Crippen LogP contribution in [-0.2, 0) is 14.3 Å². The lowest BCUT2D eigenvalue weighted by atomic mass is 10.1. The Kier molecular flexibility index (Phi) is 5.52. The molecule has 0 aliphatic rings. The maximum Gasteiger partial charge on any atom is 0.341 e. The summed E-state index contributed by atoms with van der Waals surface area (Å²) in [5, 5.41) is 0. The van der Waals surface area contributed by atoms with Gasteiger partial charge in [-0.1, -0.05) is 30.3 Å². The van der Waals surface area contributed by atoms with Gasteiger partial charge in [-0.3, -0.25) is 4.79 Å². The topological polar surface area (TPSA) is 61.8 Å². The molecule has 0 atom stereocenters. The smallest absolute Gasteiger partial charge is 0.341 e. The molecule has 0 N–H and O–H groups in total. The van der Waals surface area contributed by atoms with Crippen LogP contribution in [0.1, 0.15) is 15.9 Å². The van der Waals surface area contributed by atoms with Gasteiger partial charge in [0.15, 0.2) is 0 Å². The molecule has 5 nitrogen and oxygen atoms in total. The lowest BCUT2D eigenvalue weighted by Gasteiger charge is -2.12. The molecule has 0 saturated carbocycles. The molecule has 0 amide bonds. The number of carbonyl (C=O) groups excluding carboxylic acids is 2. The molecule has 0 unspecified atom stereocenters. The van der Waals surface area contributed by atoms with Crippen molar-refractivity contribution in [1.82, 2.24) is 0 Å². The summed E-state index contributed by atoms with van der Waals surface area (Å²) in [5.74, 6) is 0.400. The van der Waals surface area contributed by atoms with Crippen LogP contribution in [0.3, 0.4) is 0 Å². The Balaban J connectivity index is 2.42. The lowest BCUT2D eigenvalue weighted by molar-refractivity contribution is -0.133. The Hall–Kier alpha value is -3.08. The number of hydrogen-bond donors (Lipinski definition) is 0. The maximum absolute atomic E-state index is 11.9. The average molecular weight is 312 g/mol. The Morgan fingerprint density at radius 3 is 2.52 bits per heavy atom. The van der Waals surface area contributed by atoms with E-state index in [2.05, 4.69) is 0 Å². The first-order valence-corrected chi connectivity index (χ1v) is 6.83. The van der Waals surface area contributed by atoms with E-state index in [4.69, 9.17) is 14.2 Å². The summed E-state index contributed by atoms with van der Waals surface area (Å²) in [4.78, 5) is 22.8. The molecule has 0 saturated heterocycles. The largest absolute Gasteiger partial charge is 0.503 e. The second-order valence-corrected chi connectivity index (χ2v) is 4.55. The molecular formula is C18H16O5. The first kappa shape index (κ1) is 16.3. The van der Waals surface area contributed by atoms with Gasteiger partial charge in [0.05, 0.1) is 20.5 Å². The predicted molar refractivity (Wildman–Crippen MR) is 85.3 cm³/mol. The molecule has 0 radical (unpaired) electrons. The van der Waals surface area contributed by atoms with Gasteiger partial charge in [0.25, 0.3) is 0 Å². The molecule has 0 aromatic heterocycles. The van der Waals surface area contributed by atoms with Crippen molar-refractivity contribution in [3.63, 3.8) is 0 Å². The Labute approximate surface area is 134 Å². The molecule has 0 heterocycles. The third kappa shape index (κ3) is 3.97. The van der Waals surface area contributed by atoms with Crippen molar-refractivity contribution in [2.45, 2.75) is 0 Å². The summed E-state index contributed by atoms with van der Waals surface area (Å²) >= 11 is 0. The second kappa shape index (κ2) is 7.79. The number of ether oxygens (including phenoxy) is 3. The molecule has 2 rings (SSSR count). The first-order chi connectivity index (χ1) is 11.2. The fourth-order valence-corrected chi connectivity index (χ4v) is 2.01. The lowest BCUT2D eigenvalue weighted by Crippen LogP contribution is -2.05. The monoisotopic (exact) mass is 312 g/mol. The van der Waals surface area contributed by atoms with Gasteiger partial charge in [0.2, 0.25) is 0 Å². The number of carbonyl (C=O) groups is 2.